The van der Waals surface area contributed by atoms with Crippen LogP contribution in [-0.4, -0.2) is 23.1 Å². The Hall–Kier alpha value is -0.480. The van der Waals surface area contributed by atoms with E-state index in [-0.39, 0.29) is 11.2 Å². The highest BCUT2D eigenvalue weighted by Crippen LogP contribution is 2.17. The fraction of sp³-hybridized carbons (Fsp3) is 0.364. The third kappa shape index (κ3) is 3.54. The number of hydrogen-bond donors (Lipinski definition) is 1. The van der Waals surface area contributed by atoms with E-state index < -0.39 is 0 Å². The molecular formula is C11H14BrNOS. The maximum atomic E-state index is 11.6. The molecule has 1 atom stereocenters. The average molecular weight is 288 g/mol. The normalized spacial score (nSPS) is 12.3. The Balaban J connectivity index is 2.71. The van der Waals surface area contributed by atoms with E-state index in [0.717, 1.165) is 10.0 Å². The molecule has 0 spiro atoms. The smallest absolute Gasteiger partial charge is 0.235 e. The highest BCUT2D eigenvalue weighted by Gasteiger charge is 2.14. The minimum Gasteiger partial charge on any atom is -0.340 e. The molecule has 0 radical (unpaired) electrons. The van der Waals surface area contributed by atoms with Crippen LogP contribution in [0.2, 0.25) is 0 Å². The fourth-order valence-electron chi connectivity index (χ4n) is 1.28. The van der Waals surface area contributed by atoms with E-state index in [9.17, 15) is 4.79 Å². The zero-order valence-corrected chi connectivity index (χ0v) is 11.3. The second-order valence-electron chi connectivity index (χ2n) is 3.46. The van der Waals surface area contributed by atoms with Gasteiger partial charge < -0.3 is 4.90 Å². The van der Waals surface area contributed by atoms with E-state index >= 15 is 0 Å². The van der Waals surface area contributed by atoms with Gasteiger partial charge >= 0.3 is 0 Å². The minimum atomic E-state index is -0.252. The number of carbonyl (C=O) groups is 1. The molecule has 0 aromatic heterocycles. The van der Waals surface area contributed by atoms with E-state index in [1.54, 1.807) is 18.9 Å². The van der Waals surface area contributed by atoms with Crippen molar-refractivity contribution in [1.82, 2.24) is 4.90 Å². The molecule has 0 aliphatic heterocycles. The number of hydrogen-bond acceptors (Lipinski definition) is 2. The van der Waals surface area contributed by atoms with Gasteiger partial charge in [-0.3, -0.25) is 4.79 Å². The van der Waals surface area contributed by atoms with Crippen molar-refractivity contribution in [3.63, 3.8) is 0 Å². The van der Waals surface area contributed by atoms with Crippen molar-refractivity contribution in [3.05, 3.63) is 34.3 Å². The molecule has 1 aromatic carbocycles. The van der Waals surface area contributed by atoms with Crippen molar-refractivity contribution in [1.29, 1.82) is 0 Å². The van der Waals surface area contributed by atoms with Crippen molar-refractivity contribution < 1.29 is 4.79 Å². The summed E-state index contributed by atoms with van der Waals surface area (Å²) in [5.41, 5.74) is 1.10. The van der Waals surface area contributed by atoms with Crippen LogP contribution in [0.5, 0.6) is 0 Å². The van der Waals surface area contributed by atoms with Gasteiger partial charge in [-0.2, -0.15) is 12.6 Å². The Morgan fingerprint density at radius 1 is 1.53 bits per heavy atom. The summed E-state index contributed by atoms with van der Waals surface area (Å²) in [5.74, 6) is 0.0362. The van der Waals surface area contributed by atoms with Crippen molar-refractivity contribution in [2.45, 2.75) is 18.7 Å². The summed E-state index contributed by atoms with van der Waals surface area (Å²) >= 11 is 7.58. The first kappa shape index (κ1) is 12.6. The summed E-state index contributed by atoms with van der Waals surface area (Å²) in [4.78, 5) is 13.3. The van der Waals surface area contributed by atoms with Gasteiger partial charge in [-0.15, -0.1) is 0 Å². The lowest BCUT2D eigenvalue weighted by atomic mass is 10.2. The van der Waals surface area contributed by atoms with E-state index in [1.807, 2.05) is 24.3 Å². The van der Waals surface area contributed by atoms with E-state index in [2.05, 4.69) is 28.6 Å². The maximum Gasteiger partial charge on any atom is 0.235 e. The van der Waals surface area contributed by atoms with Gasteiger partial charge in [0.25, 0.3) is 0 Å². The standard InChI is InChI=1S/C11H14BrNOS/c1-8(15)11(14)13(2)7-9-5-3-4-6-10(9)12/h3-6,8,15H,7H2,1-2H3. The molecule has 1 aromatic rings. The summed E-state index contributed by atoms with van der Waals surface area (Å²) in [6.07, 6.45) is 0. The Morgan fingerprint density at radius 2 is 2.13 bits per heavy atom. The monoisotopic (exact) mass is 287 g/mol. The summed E-state index contributed by atoms with van der Waals surface area (Å²) < 4.78 is 1.02. The predicted molar refractivity (Wildman–Crippen MR) is 69.1 cm³/mol. The SMILES string of the molecule is CC(S)C(=O)N(C)Cc1ccccc1Br. The molecule has 0 aliphatic rings. The summed E-state index contributed by atoms with van der Waals surface area (Å²) in [5, 5.41) is -0.252. The van der Waals surface area contributed by atoms with Gasteiger partial charge in [-0.1, -0.05) is 34.1 Å². The lowest BCUT2D eigenvalue weighted by Gasteiger charge is -2.19. The molecule has 0 bridgehead atoms. The lowest BCUT2D eigenvalue weighted by Crippen LogP contribution is -2.31. The second kappa shape index (κ2) is 5.56. The number of amides is 1. The van der Waals surface area contributed by atoms with Crippen molar-refractivity contribution >= 4 is 34.5 Å². The zero-order valence-electron chi connectivity index (χ0n) is 8.77. The molecule has 0 N–H and O–H groups in total. The molecule has 0 saturated carbocycles. The quantitative estimate of drug-likeness (QED) is 0.848. The number of benzene rings is 1. The van der Waals surface area contributed by atoms with Crippen LogP contribution in [0.4, 0.5) is 0 Å². The number of carbonyl (C=O) groups excluding carboxylic acids is 1. The first-order valence-electron chi connectivity index (χ1n) is 4.69. The molecule has 2 nitrogen and oxygen atoms in total. The van der Waals surface area contributed by atoms with E-state index in [4.69, 9.17) is 0 Å². The molecule has 4 heteroatoms. The lowest BCUT2D eigenvalue weighted by molar-refractivity contribution is -0.129. The molecule has 0 heterocycles. The van der Waals surface area contributed by atoms with Crippen molar-refractivity contribution in [3.8, 4) is 0 Å². The van der Waals surface area contributed by atoms with Crippen LogP contribution >= 0.6 is 28.6 Å². The Labute approximate surface area is 104 Å². The summed E-state index contributed by atoms with van der Waals surface area (Å²) in [6.45, 7) is 2.38. The number of thiol groups is 1. The van der Waals surface area contributed by atoms with Crippen molar-refractivity contribution in [2.24, 2.45) is 0 Å². The maximum absolute atomic E-state index is 11.6. The molecule has 0 saturated heterocycles. The van der Waals surface area contributed by atoms with Gasteiger partial charge in [0.2, 0.25) is 5.91 Å². The van der Waals surface area contributed by atoms with Crippen LogP contribution in [0.25, 0.3) is 0 Å². The first-order chi connectivity index (χ1) is 7.02. The first-order valence-corrected chi connectivity index (χ1v) is 5.99. The van der Waals surface area contributed by atoms with E-state index in [1.165, 1.54) is 0 Å². The van der Waals surface area contributed by atoms with E-state index in [0.29, 0.717) is 6.54 Å². The van der Waals surface area contributed by atoms with Gasteiger partial charge in [0.1, 0.15) is 0 Å². The molecule has 1 unspecified atom stereocenters. The third-order valence-electron chi connectivity index (χ3n) is 2.10. The van der Waals surface area contributed by atoms with Crippen LogP contribution in [0.15, 0.2) is 28.7 Å². The number of rotatable bonds is 3. The summed E-state index contributed by atoms with van der Waals surface area (Å²) in [7, 11) is 1.79. The van der Waals surface area contributed by atoms with Crippen molar-refractivity contribution in [2.75, 3.05) is 7.05 Å². The highest BCUT2D eigenvalue weighted by atomic mass is 79.9. The van der Waals surface area contributed by atoms with Crippen LogP contribution < -0.4 is 0 Å². The molecule has 0 fully saturated rings. The van der Waals surface area contributed by atoms with Crippen LogP contribution in [-0.2, 0) is 11.3 Å². The molecule has 82 valence electrons. The van der Waals surface area contributed by atoms with Crippen LogP contribution in [0, 0.1) is 0 Å². The molecule has 1 amide bonds. The largest absolute Gasteiger partial charge is 0.340 e. The van der Waals surface area contributed by atoms with Gasteiger partial charge in [0.05, 0.1) is 5.25 Å². The third-order valence-corrected chi connectivity index (χ3v) is 3.09. The predicted octanol–water partition coefficient (Wildman–Crippen LogP) is 2.73. The molecule has 0 aliphatic carbocycles. The van der Waals surface area contributed by atoms with Crippen LogP contribution in [0.3, 0.4) is 0 Å². The van der Waals surface area contributed by atoms with Gasteiger partial charge in [-0.25, -0.2) is 0 Å². The number of nitrogens with zero attached hydrogens (tertiary/aromatic N) is 1. The van der Waals surface area contributed by atoms with Gasteiger partial charge in [0, 0.05) is 18.1 Å². The Morgan fingerprint density at radius 3 is 2.67 bits per heavy atom. The fourth-order valence-corrected chi connectivity index (χ4v) is 1.89. The topological polar surface area (TPSA) is 20.3 Å². The average Bonchev–Trinajstić information content (AvgIpc) is 2.20. The second-order valence-corrected chi connectivity index (χ2v) is 5.09. The molecule has 15 heavy (non-hydrogen) atoms. The molecular weight excluding hydrogens is 274 g/mol. The van der Waals surface area contributed by atoms with Gasteiger partial charge in [0.15, 0.2) is 0 Å². The van der Waals surface area contributed by atoms with Crippen LogP contribution in [0.1, 0.15) is 12.5 Å². The number of halogens is 1. The van der Waals surface area contributed by atoms with Gasteiger partial charge in [-0.05, 0) is 18.6 Å². The molecule has 1 rings (SSSR count). The summed E-state index contributed by atoms with van der Waals surface area (Å²) in [6, 6.07) is 7.88. The minimum absolute atomic E-state index is 0.0362. The highest BCUT2D eigenvalue weighted by molar-refractivity contribution is 9.10. The zero-order chi connectivity index (χ0) is 11.4. The Bertz CT molecular complexity index is 354. The Kier molecular flexibility index (Phi) is 4.67.